The van der Waals surface area contributed by atoms with E-state index in [4.69, 9.17) is 0 Å². The molecular formula is C21H29N3O2. The highest BCUT2D eigenvalue weighted by Gasteiger charge is 2.41. The molecule has 3 rings (SSSR count). The highest BCUT2D eigenvalue weighted by Crippen LogP contribution is 2.41. The van der Waals surface area contributed by atoms with Crippen molar-refractivity contribution in [2.45, 2.75) is 63.5 Å². The van der Waals surface area contributed by atoms with E-state index in [9.17, 15) is 15.2 Å². The summed E-state index contributed by atoms with van der Waals surface area (Å²) in [6.45, 7) is 6.31. The van der Waals surface area contributed by atoms with Crippen molar-refractivity contribution in [3.8, 4) is 6.07 Å². The number of benzene rings is 1. The Morgan fingerprint density at radius 2 is 2.12 bits per heavy atom. The van der Waals surface area contributed by atoms with E-state index in [1.54, 1.807) is 4.90 Å². The molecule has 2 fully saturated rings. The minimum atomic E-state index is -0.814. The number of likely N-dealkylation sites (tertiary alicyclic amines) is 1. The first-order valence-corrected chi connectivity index (χ1v) is 9.71. The number of carboxylic acid groups (broad SMARTS) is 1. The van der Waals surface area contributed by atoms with Crippen molar-refractivity contribution in [1.29, 1.82) is 5.26 Å². The molecule has 0 radical (unpaired) electrons. The van der Waals surface area contributed by atoms with E-state index in [1.165, 1.54) is 5.56 Å². The second-order valence-electron chi connectivity index (χ2n) is 7.80. The van der Waals surface area contributed by atoms with Crippen molar-refractivity contribution in [3.05, 3.63) is 35.4 Å². The van der Waals surface area contributed by atoms with Crippen molar-refractivity contribution in [3.63, 3.8) is 0 Å². The van der Waals surface area contributed by atoms with E-state index in [1.807, 2.05) is 13.0 Å². The van der Waals surface area contributed by atoms with Crippen LogP contribution >= 0.6 is 0 Å². The number of nitriles is 1. The van der Waals surface area contributed by atoms with Crippen molar-refractivity contribution < 1.29 is 9.90 Å². The van der Waals surface area contributed by atoms with E-state index in [-0.39, 0.29) is 11.5 Å². The van der Waals surface area contributed by atoms with Crippen LogP contribution in [0.3, 0.4) is 0 Å². The second-order valence-corrected chi connectivity index (χ2v) is 7.80. The van der Waals surface area contributed by atoms with Crippen molar-refractivity contribution >= 4 is 6.09 Å². The van der Waals surface area contributed by atoms with Gasteiger partial charge in [-0.15, -0.1) is 0 Å². The molecule has 1 saturated heterocycles. The summed E-state index contributed by atoms with van der Waals surface area (Å²) in [5.74, 6) is 0. The Kier molecular flexibility index (Phi) is 5.52. The molecule has 26 heavy (non-hydrogen) atoms. The first kappa shape index (κ1) is 18.7. The Labute approximate surface area is 156 Å². The Morgan fingerprint density at radius 3 is 2.69 bits per heavy atom. The minimum Gasteiger partial charge on any atom is -0.465 e. The van der Waals surface area contributed by atoms with Crippen LogP contribution in [-0.2, 0) is 5.41 Å². The van der Waals surface area contributed by atoms with Gasteiger partial charge in [0, 0.05) is 31.7 Å². The van der Waals surface area contributed by atoms with Gasteiger partial charge in [0.25, 0.3) is 0 Å². The van der Waals surface area contributed by atoms with Crippen LogP contribution in [0.4, 0.5) is 4.79 Å². The highest BCUT2D eigenvalue weighted by molar-refractivity contribution is 5.65. The predicted molar refractivity (Wildman–Crippen MR) is 101 cm³/mol. The number of hydrogen-bond acceptors (Lipinski definition) is 3. The van der Waals surface area contributed by atoms with Crippen LogP contribution in [0.5, 0.6) is 0 Å². The first-order chi connectivity index (χ1) is 12.5. The molecule has 1 heterocycles. The Hall–Kier alpha value is -2.06. The summed E-state index contributed by atoms with van der Waals surface area (Å²) in [6, 6.07) is 11.6. The zero-order chi connectivity index (χ0) is 18.7. The number of likely N-dealkylation sites (N-methyl/N-ethyl adjacent to an activating group) is 1. The van der Waals surface area contributed by atoms with Gasteiger partial charge in [-0.05, 0) is 51.5 Å². The summed E-state index contributed by atoms with van der Waals surface area (Å²) in [4.78, 5) is 15.4. The van der Waals surface area contributed by atoms with Crippen molar-refractivity contribution in [2.24, 2.45) is 0 Å². The van der Waals surface area contributed by atoms with Crippen LogP contribution in [0.25, 0.3) is 0 Å². The zero-order valence-electron chi connectivity index (χ0n) is 15.8. The fourth-order valence-corrected chi connectivity index (χ4v) is 4.77. The number of hydrogen-bond donors (Lipinski definition) is 1. The largest absolute Gasteiger partial charge is 0.465 e. The molecule has 0 unspecified atom stereocenters. The number of amides is 1. The molecule has 140 valence electrons. The molecule has 5 nitrogen and oxygen atoms in total. The third kappa shape index (κ3) is 3.57. The maximum absolute atomic E-state index is 11.4. The van der Waals surface area contributed by atoms with Crippen molar-refractivity contribution in [2.75, 3.05) is 19.6 Å². The number of rotatable bonds is 4. The van der Waals surface area contributed by atoms with Gasteiger partial charge in [-0.3, -0.25) is 4.90 Å². The van der Waals surface area contributed by atoms with Gasteiger partial charge >= 0.3 is 6.09 Å². The van der Waals surface area contributed by atoms with E-state index in [0.29, 0.717) is 12.6 Å². The molecule has 1 aliphatic heterocycles. The lowest BCUT2D eigenvalue weighted by Gasteiger charge is -2.39. The van der Waals surface area contributed by atoms with Gasteiger partial charge in [-0.2, -0.15) is 5.26 Å². The van der Waals surface area contributed by atoms with E-state index in [2.05, 4.69) is 36.1 Å². The molecule has 1 saturated carbocycles. The average molecular weight is 355 g/mol. The van der Waals surface area contributed by atoms with Crippen LogP contribution in [-0.4, -0.2) is 52.7 Å². The van der Waals surface area contributed by atoms with Gasteiger partial charge in [-0.25, -0.2) is 4.79 Å². The quantitative estimate of drug-likeness (QED) is 0.893. The SMILES string of the molecule is CCN(C(=O)O)[C@H]1CCN(C2CCC(C#N)(c3cccc(C)c3)CC2)C1. The standard InChI is InChI=1S/C21H29N3O2/c1-3-24(20(25)26)19-9-12-23(14-19)18-7-10-21(15-22,11-8-18)17-6-4-5-16(2)13-17/h4-6,13,18-19H,3,7-12,14H2,1-2H3,(H,25,26)/t18?,19-,21?/m0/s1. The fraction of sp³-hybridized carbons (Fsp3) is 0.619. The number of aryl methyl sites for hydroxylation is 1. The van der Waals surface area contributed by atoms with E-state index < -0.39 is 6.09 Å². The molecule has 1 aliphatic carbocycles. The summed E-state index contributed by atoms with van der Waals surface area (Å²) >= 11 is 0. The summed E-state index contributed by atoms with van der Waals surface area (Å²) in [5, 5.41) is 19.3. The maximum atomic E-state index is 11.4. The summed E-state index contributed by atoms with van der Waals surface area (Å²) in [7, 11) is 0. The molecule has 1 N–H and O–H groups in total. The van der Waals surface area contributed by atoms with Crippen LogP contribution in [0.15, 0.2) is 24.3 Å². The molecule has 1 amide bonds. The number of carbonyl (C=O) groups is 1. The van der Waals surface area contributed by atoms with Gasteiger partial charge in [0.1, 0.15) is 0 Å². The van der Waals surface area contributed by atoms with Crippen LogP contribution in [0.2, 0.25) is 0 Å². The molecular weight excluding hydrogens is 326 g/mol. The topological polar surface area (TPSA) is 67.6 Å². The summed E-state index contributed by atoms with van der Waals surface area (Å²) < 4.78 is 0. The zero-order valence-corrected chi connectivity index (χ0v) is 15.8. The molecule has 1 atom stereocenters. The minimum absolute atomic E-state index is 0.108. The lowest BCUT2D eigenvalue weighted by molar-refractivity contribution is 0.118. The van der Waals surface area contributed by atoms with Gasteiger partial charge in [0.15, 0.2) is 0 Å². The predicted octanol–water partition coefficient (Wildman–Crippen LogP) is 3.77. The molecule has 1 aromatic rings. The van der Waals surface area contributed by atoms with Crippen LogP contribution < -0.4 is 0 Å². The summed E-state index contributed by atoms with van der Waals surface area (Å²) in [5.41, 5.74) is 1.99. The third-order valence-electron chi connectivity index (χ3n) is 6.33. The summed E-state index contributed by atoms with van der Waals surface area (Å²) in [6.07, 6.45) is 3.88. The molecule has 0 spiro atoms. The van der Waals surface area contributed by atoms with Crippen molar-refractivity contribution in [1.82, 2.24) is 9.80 Å². The smallest absolute Gasteiger partial charge is 0.407 e. The molecule has 2 aliphatic rings. The molecule has 0 aromatic heterocycles. The molecule has 0 bridgehead atoms. The monoisotopic (exact) mass is 355 g/mol. The Balaban J connectivity index is 1.64. The first-order valence-electron chi connectivity index (χ1n) is 9.71. The Morgan fingerprint density at radius 1 is 1.38 bits per heavy atom. The number of nitrogens with zero attached hydrogens (tertiary/aromatic N) is 3. The lowest BCUT2D eigenvalue weighted by Crippen LogP contribution is -2.44. The normalized spacial score (nSPS) is 29.3. The maximum Gasteiger partial charge on any atom is 0.407 e. The average Bonchev–Trinajstić information content (AvgIpc) is 3.11. The van der Waals surface area contributed by atoms with Gasteiger partial charge < -0.3 is 10.0 Å². The lowest BCUT2D eigenvalue weighted by atomic mass is 9.69. The van der Waals surface area contributed by atoms with Gasteiger partial charge in [-0.1, -0.05) is 29.8 Å². The fourth-order valence-electron chi connectivity index (χ4n) is 4.77. The van der Waals surface area contributed by atoms with E-state index >= 15 is 0 Å². The molecule has 1 aromatic carbocycles. The molecule has 5 heteroatoms. The van der Waals surface area contributed by atoms with E-state index in [0.717, 1.165) is 50.8 Å². The second kappa shape index (κ2) is 7.67. The highest BCUT2D eigenvalue weighted by atomic mass is 16.4. The van der Waals surface area contributed by atoms with Gasteiger partial charge in [0.05, 0.1) is 11.5 Å². The van der Waals surface area contributed by atoms with Crippen LogP contribution in [0.1, 0.15) is 50.2 Å². The third-order valence-corrected chi connectivity index (χ3v) is 6.33. The van der Waals surface area contributed by atoms with Gasteiger partial charge in [0.2, 0.25) is 0 Å². The van der Waals surface area contributed by atoms with Crippen LogP contribution in [0, 0.1) is 18.3 Å². The Bertz CT molecular complexity index is 689.